The number of para-hydroxylation sites is 1. The second kappa shape index (κ2) is 9.34. The van der Waals surface area contributed by atoms with Crippen molar-refractivity contribution in [2.75, 3.05) is 43.0 Å². The molecule has 138 valence electrons. The summed E-state index contributed by atoms with van der Waals surface area (Å²) >= 11 is 0. The number of piperazine rings is 1. The minimum Gasteiger partial charge on any atom is -0.369 e. The molecule has 3 rings (SSSR count). The molecule has 26 heavy (non-hydrogen) atoms. The van der Waals surface area contributed by atoms with Crippen molar-refractivity contribution in [2.24, 2.45) is 5.10 Å². The minimum absolute atomic E-state index is 0.233. The number of hydrazone groups is 1. The highest BCUT2D eigenvalue weighted by molar-refractivity contribution is 5.82. The zero-order valence-electron chi connectivity index (χ0n) is 15.4. The van der Waals surface area contributed by atoms with Gasteiger partial charge in [0.1, 0.15) is 5.82 Å². The Labute approximate surface area is 155 Å². The van der Waals surface area contributed by atoms with Crippen LogP contribution in [0.2, 0.25) is 0 Å². The van der Waals surface area contributed by atoms with E-state index in [4.69, 9.17) is 0 Å². The van der Waals surface area contributed by atoms with Crippen molar-refractivity contribution in [3.8, 4) is 0 Å². The number of anilines is 2. The quantitative estimate of drug-likeness (QED) is 0.597. The van der Waals surface area contributed by atoms with Crippen LogP contribution in [0.5, 0.6) is 0 Å². The van der Waals surface area contributed by atoms with E-state index in [0.29, 0.717) is 0 Å². The zero-order chi connectivity index (χ0) is 18.2. The van der Waals surface area contributed by atoms with Crippen LogP contribution in [-0.2, 0) is 0 Å². The van der Waals surface area contributed by atoms with Gasteiger partial charge in [0.15, 0.2) is 0 Å². The summed E-state index contributed by atoms with van der Waals surface area (Å²) in [7, 11) is 0. The van der Waals surface area contributed by atoms with Gasteiger partial charge in [0.25, 0.3) is 0 Å². The van der Waals surface area contributed by atoms with Crippen LogP contribution < -0.4 is 10.3 Å². The summed E-state index contributed by atoms with van der Waals surface area (Å²) in [5, 5.41) is 4.38. The summed E-state index contributed by atoms with van der Waals surface area (Å²) < 4.78 is 12.9. The van der Waals surface area contributed by atoms with E-state index in [1.165, 1.54) is 17.8 Å². The molecule has 0 aromatic heterocycles. The van der Waals surface area contributed by atoms with Gasteiger partial charge in [0.05, 0.1) is 5.69 Å². The average molecular weight is 354 g/mol. The summed E-state index contributed by atoms with van der Waals surface area (Å²) in [6.45, 7) is 7.53. The van der Waals surface area contributed by atoms with Crippen molar-refractivity contribution >= 4 is 17.1 Å². The Balaban J connectivity index is 1.35. The van der Waals surface area contributed by atoms with Crippen LogP contribution in [0.1, 0.15) is 19.8 Å². The van der Waals surface area contributed by atoms with E-state index in [0.717, 1.165) is 57.0 Å². The predicted octanol–water partition coefficient (Wildman–Crippen LogP) is 4.22. The van der Waals surface area contributed by atoms with Crippen molar-refractivity contribution in [1.29, 1.82) is 0 Å². The van der Waals surface area contributed by atoms with E-state index in [1.54, 1.807) is 12.1 Å². The second-order valence-corrected chi connectivity index (χ2v) is 6.73. The molecule has 2 aromatic rings. The molecule has 1 N–H and O–H groups in total. The molecule has 5 heteroatoms. The third-order valence-corrected chi connectivity index (χ3v) is 4.73. The fraction of sp³-hybridized carbons (Fsp3) is 0.381. The molecule has 0 saturated carbocycles. The highest BCUT2D eigenvalue weighted by Crippen LogP contribution is 2.15. The molecule has 0 bridgehead atoms. The van der Waals surface area contributed by atoms with E-state index >= 15 is 0 Å². The lowest BCUT2D eigenvalue weighted by molar-refractivity contribution is 0.256. The lowest BCUT2D eigenvalue weighted by Crippen LogP contribution is -2.46. The molecule has 1 aliphatic heterocycles. The van der Waals surface area contributed by atoms with E-state index < -0.39 is 0 Å². The number of nitrogens with zero attached hydrogens (tertiary/aromatic N) is 3. The number of nitrogens with one attached hydrogen (secondary N) is 1. The maximum Gasteiger partial charge on any atom is 0.123 e. The van der Waals surface area contributed by atoms with Crippen LogP contribution in [0.3, 0.4) is 0 Å². The first-order valence-electron chi connectivity index (χ1n) is 9.28. The number of benzene rings is 2. The van der Waals surface area contributed by atoms with Crippen LogP contribution >= 0.6 is 0 Å². The first-order chi connectivity index (χ1) is 12.7. The number of halogens is 1. The lowest BCUT2D eigenvalue weighted by atomic mass is 10.2. The van der Waals surface area contributed by atoms with Crippen molar-refractivity contribution in [3.05, 3.63) is 60.4 Å². The first kappa shape index (κ1) is 18.4. The summed E-state index contributed by atoms with van der Waals surface area (Å²) in [6, 6.07) is 16.9. The van der Waals surface area contributed by atoms with Crippen molar-refractivity contribution < 1.29 is 4.39 Å². The largest absolute Gasteiger partial charge is 0.369 e. The van der Waals surface area contributed by atoms with Gasteiger partial charge in [-0.3, -0.25) is 10.3 Å². The van der Waals surface area contributed by atoms with Crippen LogP contribution in [0.25, 0.3) is 0 Å². The van der Waals surface area contributed by atoms with Gasteiger partial charge in [-0.15, -0.1) is 0 Å². The van der Waals surface area contributed by atoms with Gasteiger partial charge < -0.3 is 4.90 Å². The van der Waals surface area contributed by atoms with Gasteiger partial charge in [-0.2, -0.15) is 5.10 Å². The first-order valence-corrected chi connectivity index (χ1v) is 9.28. The van der Waals surface area contributed by atoms with Gasteiger partial charge in [-0.1, -0.05) is 18.2 Å². The van der Waals surface area contributed by atoms with Gasteiger partial charge in [0.2, 0.25) is 0 Å². The van der Waals surface area contributed by atoms with E-state index in [9.17, 15) is 4.39 Å². The van der Waals surface area contributed by atoms with Gasteiger partial charge >= 0.3 is 0 Å². The third-order valence-electron chi connectivity index (χ3n) is 4.73. The smallest absolute Gasteiger partial charge is 0.123 e. The Morgan fingerprint density at radius 1 is 1.00 bits per heavy atom. The molecule has 1 aliphatic rings. The van der Waals surface area contributed by atoms with Crippen LogP contribution in [0.15, 0.2) is 59.7 Å². The molecule has 0 aliphatic carbocycles. The summed E-state index contributed by atoms with van der Waals surface area (Å²) in [6.07, 6.45) is 2.07. The Kier molecular flexibility index (Phi) is 6.61. The van der Waals surface area contributed by atoms with Gasteiger partial charge in [-0.25, -0.2) is 4.39 Å². The standard InChI is InChI=1S/C21H27FN4/c1-18(23-24-20-11-9-19(22)10-12-20)6-5-13-25-14-16-26(17-15-25)21-7-3-2-4-8-21/h2-4,7-12,24H,5-6,13-17H2,1H3. The lowest BCUT2D eigenvalue weighted by Gasteiger charge is -2.36. The zero-order valence-corrected chi connectivity index (χ0v) is 15.4. The fourth-order valence-electron chi connectivity index (χ4n) is 3.17. The number of rotatable bonds is 7. The highest BCUT2D eigenvalue weighted by atomic mass is 19.1. The molecule has 0 atom stereocenters. The van der Waals surface area contributed by atoms with Crippen molar-refractivity contribution in [1.82, 2.24) is 4.90 Å². The topological polar surface area (TPSA) is 30.9 Å². The number of hydrogen-bond donors (Lipinski definition) is 1. The minimum atomic E-state index is -0.233. The third kappa shape index (κ3) is 5.56. The summed E-state index contributed by atoms with van der Waals surface area (Å²) in [5.41, 5.74) is 6.18. The van der Waals surface area contributed by atoms with Crippen LogP contribution in [-0.4, -0.2) is 43.3 Å². The molecule has 0 spiro atoms. The van der Waals surface area contributed by atoms with E-state index in [1.807, 2.05) is 6.92 Å². The Bertz CT molecular complexity index is 692. The molecule has 0 amide bonds. The average Bonchev–Trinajstić information content (AvgIpc) is 2.69. The van der Waals surface area contributed by atoms with E-state index in [2.05, 4.69) is 50.7 Å². The second-order valence-electron chi connectivity index (χ2n) is 6.73. The summed E-state index contributed by atoms with van der Waals surface area (Å²) in [5.74, 6) is -0.233. The Hall–Kier alpha value is -2.40. The normalized spacial score (nSPS) is 15.9. The van der Waals surface area contributed by atoms with Gasteiger partial charge in [-0.05, 0) is 62.7 Å². The van der Waals surface area contributed by atoms with Crippen LogP contribution in [0.4, 0.5) is 15.8 Å². The van der Waals surface area contributed by atoms with Crippen molar-refractivity contribution in [3.63, 3.8) is 0 Å². The van der Waals surface area contributed by atoms with Crippen molar-refractivity contribution in [2.45, 2.75) is 19.8 Å². The molecular weight excluding hydrogens is 327 g/mol. The van der Waals surface area contributed by atoms with Gasteiger partial charge in [0, 0.05) is 37.6 Å². The molecule has 1 heterocycles. The summed E-state index contributed by atoms with van der Waals surface area (Å²) in [4.78, 5) is 4.98. The molecule has 2 aromatic carbocycles. The highest BCUT2D eigenvalue weighted by Gasteiger charge is 2.16. The van der Waals surface area contributed by atoms with Crippen LogP contribution in [0, 0.1) is 5.82 Å². The Morgan fingerprint density at radius 3 is 2.38 bits per heavy atom. The molecule has 1 saturated heterocycles. The number of hydrogen-bond acceptors (Lipinski definition) is 4. The molecule has 1 fully saturated rings. The maximum atomic E-state index is 12.9. The fourth-order valence-corrected chi connectivity index (χ4v) is 3.17. The van der Waals surface area contributed by atoms with E-state index in [-0.39, 0.29) is 5.82 Å². The SMILES string of the molecule is CC(CCCN1CCN(c2ccccc2)CC1)=NNc1ccc(F)cc1. The molecule has 0 radical (unpaired) electrons. The maximum absolute atomic E-state index is 12.9. The Morgan fingerprint density at radius 2 is 1.69 bits per heavy atom. The molecule has 0 unspecified atom stereocenters. The predicted molar refractivity (Wildman–Crippen MR) is 107 cm³/mol. The monoisotopic (exact) mass is 354 g/mol. The molecule has 4 nitrogen and oxygen atoms in total. The molecular formula is C21H27FN4.